The molecule has 1 fully saturated rings. The predicted molar refractivity (Wildman–Crippen MR) is 75.7 cm³/mol. The smallest absolute Gasteiger partial charge is 0.327 e. The number of likely N-dealkylation sites (tertiary alicyclic amines) is 1. The van der Waals surface area contributed by atoms with Gasteiger partial charge in [-0.2, -0.15) is 0 Å². The van der Waals surface area contributed by atoms with Gasteiger partial charge < -0.3 is 10.1 Å². The summed E-state index contributed by atoms with van der Waals surface area (Å²) in [6.07, 6.45) is 5.30. The van der Waals surface area contributed by atoms with Gasteiger partial charge in [0.1, 0.15) is 6.04 Å². The zero-order valence-corrected chi connectivity index (χ0v) is 12.3. The number of carboxylic acids is 1. The minimum absolute atomic E-state index is 0.00736. The second-order valence-electron chi connectivity index (χ2n) is 5.49. The summed E-state index contributed by atoms with van der Waals surface area (Å²) in [6.45, 7) is 0. The fourth-order valence-electron chi connectivity index (χ4n) is 3.05. The van der Waals surface area contributed by atoms with Crippen LogP contribution in [0.3, 0.4) is 0 Å². The molecule has 2 amide bonds. The Kier molecular flexibility index (Phi) is 3.74. The summed E-state index contributed by atoms with van der Waals surface area (Å²) in [6, 6.07) is -1.23. The molecule has 0 radical (unpaired) electrons. The fourth-order valence-corrected chi connectivity index (χ4v) is 3.31. The van der Waals surface area contributed by atoms with Crippen molar-refractivity contribution in [3.8, 4) is 0 Å². The number of carbonyl (C=O) groups is 3. The highest BCUT2D eigenvalue weighted by atomic mass is 35.5. The number of aromatic nitrogens is 2. The van der Waals surface area contributed by atoms with Crippen LogP contribution in [-0.2, 0) is 20.8 Å². The van der Waals surface area contributed by atoms with Crippen molar-refractivity contribution >= 4 is 29.4 Å². The Labute approximate surface area is 131 Å². The molecule has 1 aliphatic heterocycles. The molecule has 2 aliphatic rings. The van der Waals surface area contributed by atoms with Crippen molar-refractivity contribution in [3.63, 3.8) is 0 Å². The van der Waals surface area contributed by atoms with Crippen LogP contribution in [0.1, 0.15) is 18.5 Å². The third-order valence-electron chi connectivity index (χ3n) is 4.17. The van der Waals surface area contributed by atoms with Crippen molar-refractivity contribution in [2.24, 2.45) is 11.8 Å². The van der Waals surface area contributed by atoms with E-state index < -0.39 is 35.7 Å². The Bertz CT molecular complexity index is 655. The molecule has 3 rings (SSSR count). The molecule has 2 heterocycles. The molecule has 1 aliphatic carbocycles. The average Bonchev–Trinajstić information content (AvgIpc) is 3.05. The summed E-state index contributed by atoms with van der Waals surface area (Å²) in [5, 5.41) is 9.98. The first-order valence-electron chi connectivity index (χ1n) is 6.90. The van der Waals surface area contributed by atoms with Crippen LogP contribution in [0.4, 0.5) is 0 Å². The number of amides is 2. The number of allylic oxidation sites excluding steroid dienone is 2. The number of carbonyl (C=O) groups excluding carboxylic acids is 2. The quantitative estimate of drug-likeness (QED) is 0.802. The number of hydrogen-bond acceptors (Lipinski definition) is 4. The number of aromatic amines is 1. The van der Waals surface area contributed by atoms with E-state index in [0.29, 0.717) is 23.6 Å². The van der Waals surface area contributed by atoms with Gasteiger partial charge in [-0.25, -0.2) is 9.78 Å². The molecule has 1 aromatic rings. The van der Waals surface area contributed by atoms with E-state index in [1.165, 1.54) is 12.5 Å². The normalized spacial score (nSPS) is 25.9. The van der Waals surface area contributed by atoms with Crippen molar-refractivity contribution in [1.29, 1.82) is 0 Å². The van der Waals surface area contributed by atoms with E-state index in [4.69, 9.17) is 11.6 Å². The van der Waals surface area contributed by atoms with Crippen LogP contribution in [0.25, 0.3) is 0 Å². The Morgan fingerprint density at radius 3 is 2.82 bits per heavy atom. The molecule has 1 aromatic heterocycles. The second kappa shape index (κ2) is 5.57. The molecule has 2 N–H and O–H groups in total. The van der Waals surface area contributed by atoms with Crippen LogP contribution in [0, 0.1) is 11.8 Å². The average molecular weight is 324 g/mol. The lowest BCUT2D eigenvalue weighted by Gasteiger charge is -2.22. The zero-order chi connectivity index (χ0) is 15.9. The van der Waals surface area contributed by atoms with Crippen molar-refractivity contribution in [3.05, 3.63) is 29.3 Å². The standard InChI is InChI=1S/C14H14ClN3O4/c15-7-1-2-9-10(3-7)13(20)18(12(9)19)11(14(21)22)4-8-5-16-6-17-8/h1,5-6,9-11H,2-4H2,(H,16,17)(H,21,22)/t9-,10+,11+/m1/s1. The van der Waals surface area contributed by atoms with Crippen LogP contribution in [0.2, 0.25) is 0 Å². The number of halogens is 1. The molecule has 0 unspecified atom stereocenters. The van der Waals surface area contributed by atoms with Crippen molar-refractivity contribution in [2.75, 3.05) is 0 Å². The van der Waals surface area contributed by atoms with Gasteiger partial charge in [-0.1, -0.05) is 17.7 Å². The fraction of sp³-hybridized carbons (Fsp3) is 0.429. The lowest BCUT2D eigenvalue weighted by atomic mass is 9.85. The van der Waals surface area contributed by atoms with Crippen LogP contribution in [0.5, 0.6) is 0 Å². The summed E-state index contributed by atoms with van der Waals surface area (Å²) < 4.78 is 0. The van der Waals surface area contributed by atoms with E-state index in [9.17, 15) is 19.5 Å². The number of H-pyrrole nitrogens is 1. The highest BCUT2D eigenvalue weighted by Gasteiger charge is 2.52. The maximum atomic E-state index is 12.5. The van der Waals surface area contributed by atoms with Crippen LogP contribution in [0.15, 0.2) is 23.6 Å². The number of hydrogen-bond donors (Lipinski definition) is 2. The lowest BCUT2D eigenvalue weighted by molar-refractivity contribution is -0.155. The molecule has 0 bridgehead atoms. The SMILES string of the molecule is O=C(O)[C@H](Cc1cnc[nH]1)N1C(=O)[C@H]2CC(Cl)=CC[C@H]2C1=O. The zero-order valence-electron chi connectivity index (χ0n) is 11.5. The Morgan fingerprint density at radius 1 is 1.45 bits per heavy atom. The number of nitrogens with one attached hydrogen (secondary N) is 1. The third-order valence-corrected chi connectivity index (χ3v) is 4.48. The van der Waals surface area contributed by atoms with Crippen LogP contribution in [-0.4, -0.2) is 43.8 Å². The van der Waals surface area contributed by atoms with E-state index in [2.05, 4.69) is 9.97 Å². The maximum absolute atomic E-state index is 12.5. The predicted octanol–water partition coefficient (Wildman–Crippen LogP) is 0.923. The highest BCUT2D eigenvalue weighted by molar-refractivity contribution is 6.30. The van der Waals surface area contributed by atoms with Gasteiger partial charge in [0.15, 0.2) is 0 Å². The third kappa shape index (κ3) is 2.41. The molecule has 3 atom stereocenters. The molecular weight excluding hydrogens is 310 g/mol. The topological polar surface area (TPSA) is 103 Å². The van der Waals surface area contributed by atoms with E-state index >= 15 is 0 Å². The number of nitrogens with zero attached hydrogens (tertiary/aromatic N) is 2. The summed E-state index contributed by atoms with van der Waals surface area (Å²) >= 11 is 5.95. The first-order valence-corrected chi connectivity index (χ1v) is 7.28. The molecule has 116 valence electrons. The van der Waals surface area contributed by atoms with Gasteiger partial charge in [-0.05, 0) is 12.8 Å². The van der Waals surface area contributed by atoms with Crippen LogP contribution < -0.4 is 0 Å². The first kappa shape index (κ1) is 14.8. The van der Waals surface area contributed by atoms with Gasteiger partial charge in [-0.3, -0.25) is 14.5 Å². The van der Waals surface area contributed by atoms with E-state index in [1.54, 1.807) is 6.08 Å². The Hall–Kier alpha value is -2.15. The summed E-state index contributed by atoms with van der Waals surface area (Å²) in [7, 11) is 0. The van der Waals surface area contributed by atoms with Gasteiger partial charge in [0, 0.05) is 23.3 Å². The highest BCUT2D eigenvalue weighted by Crippen LogP contribution is 2.39. The van der Waals surface area contributed by atoms with Gasteiger partial charge in [0.05, 0.1) is 18.2 Å². The second-order valence-corrected chi connectivity index (χ2v) is 5.97. The maximum Gasteiger partial charge on any atom is 0.327 e. The Balaban J connectivity index is 1.87. The Morgan fingerprint density at radius 2 is 2.18 bits per heavy atom. The number of carboxylic acid groups (broad SMARTS) is 1. The summed E-state index contributed by atoms with van der Waals surface area (Å²) in [4.78, 5) is 44.0. The van der Waals surface area contributed by atoms with Crippen molar-refractivity contribution in [2.45, 2.75) is 25.3 Å². The molecular formula is C14H14ClN3O4. The van der Waals surface area contributed by atoms with E-state index in [0.717, 1.165) is 4.90 Å². The number of rotatable bonds is 4. The van der Waals surface area contributed by atoms with Crippen molar-refractivity contribution in [1.82, 2.24) is 14.9 Å². The molecule has 0 spiro atoms. The van der Waals surface area contributed by atoms with E-state index in [1.807, 2.05) is 0 Å². The lowest BCUT2D eigenvalue weighted by Crippen LogP contribution is -2.46. The molecule has 22 heavy (non-hydrogen) atoms. The molecule has 8 heteroatoms. The van der Waals surface area contributed by atoms with Gasteiger partial charge >= 0.3 is 5.97 Å². The summed E-state index contributed by atoms with van der Waals surface area (Å²) in [5.74, 6) is -3.14. The molecule has 1 saturated heterocycles. The number of fused-ring (bicyclic) bond motifs is 1. The summed E-state index contributed by atoms with van der Waals surface area (Å²) in [5.41, 5.74) is 0.555. The number of aliphatic carboxylic acids is 1. The molecule has 0 saturated carbocycles. The van der Waals surface area contributed by atoms with E-state index in [-0.39, 0.29) is 6.42 Å². The molecule has 7 nitrogen and oxygen atoms in total. The van der Waals surface area contributed by atoms with Gasteiger partial charge in [0.25, 0.3) is 0 Å². The number of imidazole rings is 1. The monoisotopic (exact) mass is 323 g/mol. The minimum Gasteiger partial charge on any atom is -0.480 e. The van der Waals surface area contributed by atoms with Crippen LogP contribution >= 0.6 is 11.6 Å². The molecule has 0 aromatic carbocycles. The largest absolute Gasteiger partial charge is 0.480 e. The van der Waals surface area contributed by atoms with Gasteiger partial charge in [0.2, 0.25) is 11.8 Å². The first-order chi connectivity index (χ1) is 10.5. The number of imide groups is 1. The van der Waals surface area contributed by atoms with Crippen molar-refractivity contribution < 1.29 is 19.5 Å². The minimum atomic E-state index is -1.23. The van der Waals surface area contributed by atoms with Gasteiger partial charge in [-0.15, -0.1) is 0 Å².